The lowest BCUT2D eigenvalue weighted by Crippen LogP contribution is -2.37. The maximum absolute atomic E-state index is 13.3. The summed E-state index contributed by atoms with van der Waals surface area (Å²) >= 11 is 0. The smallest absolute Gasteiger partial charge is 0.186 e. The molecule has 2 atom stereocenters. The first kappa shape index (κ1) is 17.0. The van der Waals surface area contributed by atoms with Crippen LogP contribution in [0.25, 0.3) is 10.9 Å². The Morgan fingerprint density at radius 2 is 1.81 bits per heavy atom. The van der Waals surface area contributed by atoms with E-state index in [1.807, 2.05) is 54.6 Å². The van der Waals surface area contributed by atoms with Gasteiger partial charge in [0.25, 0.3) is 0 Å². The first-order chi connectivity index (χ1) is 12.5. The molecule has 0 spiro atoms. The predicted molar refractivity (Wildman–Crippen MR) is 102 cm³/mol. The third-order valence-electron chi connectivity index (χ3n) is 4.88. The fraction of sp³-hybridized carbons (Fsp3) is 0.250. The van der Waals surface area contributed by atoms with Crippen molar-refractivity contribution in [3.05, 3.63) is 71.9 Å². The number of hydrogen-bond donors (Lipinski definition) is 2. The summed E-state index contributed by atoms with van der Waals surface area (Å²) in [4.78, 5) is 16.5. The van der Waals surface area contributed by atoms with Gasteiger partial charge < -0.3 is 4.98 Å². The Labute approximate surface area is 152 Å². The van der Waals surface area contributed by atoms with E-state index in [-0.39, 0.29) is 23.3 Å². The Morgan fingerprint density at radius 1 is 1.08 bits per heavy atom. The molecule has 0 amide bonds. The fourth-order valence-electron chi connectivity index (χ4n) is 3.56. The van der Waals surface area contributed by atoms with Gasteiger partial charge >= 0.3 is 0 Å². The molecule has 0 aliphatic carbocycles. The van der Waals surface area contributed by atoms with Gasteiger partial charge in [0.05, 0.1) is 17.5 Å². The molecule has 2 unspecified atom stereocenters. The SMILES string of the molecule is O=C(c1c[nH]c2ccccc12)C(NC1CCS(=O)(=O)C1)c1ccccc1. The van der Waals surface area contributed by atoms with Gasteiger partial charge in [-0.15, -0.1) is 0 Å². The highest BCUT2D eigenvalue weighted by atomic mass is 32.2. The van der Waals surface area contributed by atoms with Crippen molar-refractivity contribution in [2.24, 2.45) is 0 Å². The minimum Gasteiger partial charge on any atom is -0.360 e. The number of Topliss-reactive ketones (excluding diaryl/α,β-unsaturated/α-hetero) is 1. The molecule has 134 valence electrons. The lowest BCUT2D eigenvalue weighted by Gasteiger charge is -2.21. The number of H-pyrrole nitrogens is 1. The maximum Gasteiger partial charge on any atom is 0.186 e. The van der Waals surface area contributed by atoms with E-state index in [2.05, 4.69) is 10.3 Å². The minimum absolute atomic E-state index is 0.0575. The molecule has 1 aliphatic rings. The van der Waals surface area contributed by atoms with Gasteiger partial charge in [-0.25, -0.2) is 8.42 Å². The van der Waals surface area contributed by atoms with Gasteiger partial charge in [0.15, 0.2) is 15.6 Å². The van der Waals surface area contributed by atoms with Crippen molar-refractivity contribution in [1.29, 1.82) is 0 Å². The maximum atomic E-state index is 13.3. The van der Waals surface area contributed by atoms with Crippen LogP contribution in [0.5, 0.6) is 0 Å². The Balaban J connectivity index is 1.69. The molecule has 6 heteroatoms. The van der Waals surface area contributed by atoms with Gasteiger partial charge in [-0.05, 0) is 18.1 Å². The van der Waals surface area contributed by atoms with E-state index in [4.69, 9.17) is 0 Å². The molecule has 2 heterocycles. The van der Waals surface area contributed by atoms with Crippen molar-refractivity contribution in [2.75, 3.05) is 11.5 Å². The van der Waals surface area contributed by atoms with Gasteiger partial charge in [-0.1, -0.05) is 48.5 Å². The molecular weight excluding hydrogens is 348 g/mol. The third kappa shape index (κ3) is 3.30. The van der Waals surface area contributed by atoms with E-state index < -0.39 is 15.9 Å². The molecule has 2 N–H and O–H groups in total. The number of aromatic nitrogens is 1. The quantitative estimate of drug-likeness (QED) is 0.679. The Morgan fingerprint density at radius 3 is 2.54 bits per heavy atom. The van der Waals surface area contributed by atoms with E-state index >= 15 is 0 Å². The van der Waals surface area contributed by atoms with Crippen LogP contribution < -0.4 is 5.32 Å². The van der Waals surface area contributed by atoms with E-state index in [1.165, 1.54) is 0 Å². The largest absolute Gasteiger partial charge is 0.360 e. The van der Waals surface area contributed by atoms with Crippen molar-refractivity contribution in [2.45, 2.75) is 18.5 Å². The number of para-hydroxylation sites is 1. The molecule has 0 radical (unpaired) electrons. The summed E-state index contributed by atoms with van der Waals surface area (Å²) in [5.41, 5.74) is 2.36. The highest BCUT2D eigenvalue weighted by molar-refractivity contribution is 7.91. The average Bonchev–Trinajstić information content (AvgIpc) is 3.23. The zero-order chi connectivity index (χ0) is 18.1. The van der Waals surface area contributed by atoms with Crippen LogP contribution in [0.4, 0.5) is 0 Å². The molecule has 3 aromatic rings. The average molecular weight is 368 g/mol. The fourth-order valence-corrected chi connectivity index (χ4v) is 5.25. The lowest BCUT2D eigenvalue weighted by atomic mass is 9.96. The van der Waals surface area contributed by atoms with Crippen LogP contribution in [0.2, 0.25) is 0 Å². The van der Waals surface area contributed by atoms with Crippen LogP contribution in [0.1, 0.15) is 28.4 Å². The number of carbonyl (C=O) groups is 1. The number of sulfone groups is 1. The molecule has 5 nitrogen and oxygen atoms in total. The number of fused-ring (bicyclic) bond motifs is 1. The van der Waals surface area contributed by atoms with Crippen LogP contribution in [-0.4, -0.2) is 36.7 Å². The summed E-state index contributed by atoms with van der Waals surface area (Å²) in [7, 11) is -3.02. The molecule has 1 saturated heterocycles. The number of hydrogen-bond acceptors (Lipinski definition) is 4. The molecule has 0 saturated carbocycles. The Kier molecular flexibility index (Phi) is 4.38. The first-order valence-electron chi connectivity index (χ1n) is 8.65. The number of ketones is 1. The van der Waals surface area contributed by atoms with E-state index in [0.29, 0.717) is 12.0 Å². The van der Waals surface area contributed by atoms with E-state index in [0.717, 1.165) is 16.5 Å². The van der Waals surface area contributed by atoms with Crippen LogP contribution in [-0.2, 0) is 9.84 Å². The van der Waals surface area contributed by atoms with Crippen LogP contribution in [0.3, 0.4) is 0 Å². The number of benzene rings is 2. The molecule has 1 fully saturated rings. The van der Waals surface area contributed by atoms with Gasteiger partial charge in [0.1, 0.15) is 0 Å². The summed E-state index contributed by atoms with van der Waals surface area (Å²) in [6, 6.07) is 16.4. The number of nitrogens with one attached hydrogen (secondary N) is 2. The predicted octanol–water partition coefficient (Wildman–Crippen LogP) is 2.87. The molecular formula is C20H20N2O3S. The van der Waals surface area contributed by atoms with Crippen LogP contribution in [0.15, 0.2) is 60.8 Å². The second kappa shape index (κ2) is 6.70. The van der Waals surface area contributed by atoms with Crippen LogP contribution >= 0.6 is 0 Å². The summed E-state index contributed by atoms with van der Waals surface area (Å²) in [5, 5.41) is 4.17. The molecule has 0 bridgehead atoms. The highest BCUT2D eigenvalue weighted by Crippen LogP contribution is 2.26. The van der Waals surface area contributed by atoms with Crippen LogP contribution in [0, 0.1) is 0 Å². The minimum atomic E-state index is -3.02. The standard InChI is InChI=1S/C20H20N2O3S/c23-20(17-12-21-18-9-5-4-8-16(17)18)19(14-6-2-1-3-7-14)22-15-10-11-26(24,25)13-15/h1-9,12,15,19,21-22H,10-11,13H2. The second-order valence-corrected chi connectivity index (χ2v) is 8.95. The number of aromatic amines is 1. The summed E-state index contributed by atoms with van der Waals surface area (Å²) in [6.45, 7) is 0. The monoisotopic (exact) mass is 368 g/mol. The Hall–Kier alpha value is -2.44. The third-order valence-corrected chi connectivity index (χ3v) is 6.65. The summed E-state index contributed by atoms with van der Waals surface area (Å²) < 4.78 is 23.6. The van der Waals surface area contributed by atoms with Gasteiger partial charge in [-0.2, -0.15) is 0 Å². The molecule has 26 heavy (non-hydrogen) atoms. The lowest BCUT2D eigenvalue weighted by molar-refractivity contribution is 0.0939. The first-order valence-corrected chi connectivity index (χ1v) is 10.5. The molecule has 1 aromatic heterocycles. The van der Waals surface area contributed by atoms with Crippen molar-refractivity contribution in [3.63, 3.8) is 0 Å². The topological polar surface area (TPSA) is 79.0 Å². The van der Waals surface area contributed by atoms with Crippen molar-refractivity contribution in [1.82, 2.24) is 10.3 Å². The number of rotatable bonds is 5. The van der Waals surface area contributed by atoms with Crippen molar-refractivity contribution in [3.8, 4) is 0 Å². The van der Waals surface area contributed by atoms with Gasteiger partial charge in [0, 0.05) is 28.7 Å². The molecule has 2 aromatic carbocycles. The summed E-state index contributed by atoms with van der Waals surface area (Å²) in [5.74, 6) is 0.197. The summed E-state index contributed by atoms with van der Waals surface area (Å²) in [6.07, 6.45) is 2.27. The number of carbonyl (C=O) groups excluding carboxylic acids is 1. The Bertz CT molecular complexity index is 1040. The van der Waals surface area contributed by atoms with Crippen molar-refractivity contribution < 1.29 is 13.2 Å². The highest BCUT2D eigenvalue weighted by Gasteiger charge is 2.32. The van der Waals surface area contributed by atoms with Gasteiger partial charge in [-0.3, -0.25) is 10.1 Å². The van der Waals surface area contributed by atoms with E-state index in [9.17, 15) is 13.2 Å². The normalized spacial score (nSPS) is 20.2. The zero-order valence-corrected chi connectivity index (χ0v) is 15.0. The molecule has 1 aliphatic heterocycles. The van der Waals surface area contributed by atoms with E-state index in [1.54, 1.807) is 6.20 Å². The molecule has 4 rings (SSSR count). The van der Waals surface area contributed by atoms with Crippen molar-refractivity contribution >= 4 is 26.5 Å². The second-order valence-electron chi connectivity index (χ2n) is 6.72. The zero-order valence-electron chi connectivity index (χ0n) is 14.2. The van der Waals surface area contributed by atoms with Gasteiger partial charge in [0.2, 0.25) is 0 Å².